The highest BCUT2D eigenvalue weighted by molar-refractivity contribution is 7.17. The number of aryl methyl sites for hydroxylation is 3. The van der Waals surface area contributed by atoms with Crippen LogP contribution in [0.25, 0.3) is 21.7 Å². The number of nitrogens with zero attached hydrogens (tertiary/aromatic N) is 3. The van der Waals surface area contributed by atoms with Crippen LogP contribution in [0.3, 0.4) is 0 Å². The number of fused-ring (bicyclic) bond motifs is 1. The lowest BCUT2D eigenvalue weighted by atomic mass is 9.83. The van der Waals surface area contributed by atoms with E-state index in [1.807, 2.05) is 11.3 Å². The summed E-state index contributed by atoms with van der Waals surface area (Å²) in [5.74, 6) is 3.40. The van der Waals surface area contributed by atoms with E-state index in [1.165, 1.54) is 52.9 Å². The van der Waals surface area contributed by atoms with Gasteiger partial charge >= 0.3 is 0 Å². The molecule has 1 aliphatic heterocycles. The van der Waals surface area contributed by atoms with E-state index < -0.39 is 0 Å². The molecule has 1 unspecified atom stereocenters. The second-order valence-corrected chi connectivity index (χ2v) is 10.9. The summed E-state index contributed by atoms with van der Waals surface area (Å²) >= 11 is 1.81. The number of nitrogens with one attached hydrogen (secondary N) is 1. The summed E-state index contributed by atoms with van der Waals surface area (Å²) in [7, 11) is 2.17. The fourth-order valence-corrected chi connectivity index (χ4v) is 6.10. The average Bonchev–Trinajstić information content (AvgIpc) is 3.59. The van der Waals surface area contributed by atoms with Crippen LogP contribution in [0.15, 0.2) is 48.0 Å². The van der Waals surface area contributed by atoms with Crippen LogP contribution in [0.2, 0.25) is 0 Å². The summed E-state index contributed by atoms with van der Waals surface area (Å²) in [5, 5.41) is 5.57. The first-order valence-corrected chi connectivity index (χ1v) is 13.7. The highest BCUT2D eigenvalue weighted by atomic mass is 32.1. The van der Waals surface area contributed by atoms with E-state index in [2.05, 4.69) is 69.5 Å². The van der Waals surface area contributed by atoms with E-state index in [4.69, 9.17) is 9.72 Å². The van der Waals surface area contributed by atoms with Crippen molar-refractivity contribution in [2.75, 3.05) is 19.7 Å². The van der Waals surface area contributed by atoms with Crippen LogP contribution < -0.4 is 10.1 Å². The maximum absolute atomic E-state index is 6.00. The van der Waals surface area contributed by atoms with Crippen LogP contribution in [0.4, 0.5) is 0 Å². The Labute approximate surface area is 205 Å². The van der Waals surface area contributed by atoms with Crippen molar-refractivity contribution >= 4 is 21.6 Å². The van der Waals surface area contributed by atoms with Crippen molar-refractivity contribution in [3.63, 3.8) is 0 Å². The lowest BCUT2D eigenvalue weighted by Crippen LogP contribution is -2.15. The van der Waals surface area contributed by atoms with Crippen LogP contribution in [-0.4, -0.2) is 33.8 Å². The molecule has 1 N–H and O–H groups in total. The van der Waals surface area contributed by atoms with E-state index in [0.717, 1.165) is 50.7 Å². The molecule has 1 saturated heterocycles. The molecule has 1 saturated carbocycles. The molecule has 3 aromatic heterocycles. The van der Waals surface area contributed by atoms with Crippen molar-refractivity contribution in [3.05, 3.63) is 59.2 Å². The number of imidazole rings is 1. The van der Waals surface area contributed by atoms with Gasteiger partial charge in [-0.1, -0.05) is 18.6 Å². The van der Waals surface area contributed by atoms with Gasteiger partial charge in [0, 0.05) is 38.2 Å². The zero-order valence-corrected chi connectivity index (χ0v) is 20.8. The number of hydrogen-bond acceptors (Lipinski definition) is 4. The van der Waals surface area contributed by atoms with Gasteiger partial charge in [0.25, 0.3) is 0 Å². The standard InChI is InChI=1S/C28H34N4OS/c1-31-25-12-15-34-27(25)16-26(31)28-30-24(22-5-2-6-22)18-32(28)14-3-4-20-7-9-23(10-8-20)33-19-21-11-13-29-17-21/h7-10,12,15-16,18,21-22,29H,2-6,11,13-14,17,19H2,1H3. The second-order valence-electron chi connectivity index (χ2n) is 9.99. The lowest BCUT2D eigenvalue weighted by Gasteiger charge is -2.22. The van der Waals surface area contributed by atoms with E-state index in [1.54, 1.807) is 0 Å². The molecule has 2 aliphatic rings. The first kappa shape index (κ1) is 21.9. The fraction of sp³-hybridized carbons (Fsp3) is 0.464. The van der Waals surface area contributed by atoms with Crippen molar-refractivity contribution in [1.82, 2.24) is 19.4 Å². The molecule has 1 aliphatic carbocycles. The molecule has 34 heavy (non-hydrogen) atoms. The molecule has 5 nitrogen and oxygen atoms in total. The molecule has 1 atom stereocenters. The van der Waals surface area contributed by atoms with Crippen LogP contribution in [0.5, 0.6) is 5.75 Å². The van der Waals surface area contributed by atoms with Gasteiger partial charge in [-0.15, -0.1) is 11.3 Å². The third-order valence-electron chi connectivity index (χ3n) is 7.65. The summed E-state index contributed by atoms with van der Waals surface area (Å²) in [6.45, 7) is 4.00. The Morgan fingerprint density at radius 2 is 2.03 bits per heavy atom. The molecule has 0 radical (unpaired) electrons. The van der Waals surface area contributed by atoms with Crippen molar-refractivity contribution < 1.29 is 4.74 Å². The SMILES string of the molecule is Cn1c(-c2nc(C3CCC3)cn2CCCc2ccc(OCC3CCNC3)cc2)cc2sccc21. The predicted octanol–water partition coefficient (Wildman–Crippen LogP) is 5.99. The smallest absolute Gasteiger partial charge is 0.157 e. The first-order valence-electron chi connectivity index (χ1n) is 12.8. The van der Waals surface area contributed by atoms with E-state index in [0.29, 0.717) is 11.8 Å². The van der Waals surface area contributed by atoms with Crippen molar-refractivity contribution in [3.8, 4) is 17.3 Å². The maximum Gasteiger partial charge on any atom is 0.157 e. The van der Waals surface area contributed by atoms with Gasteiger partial charge in [0.15, 0.2) is 5.82 Å². The number of aromatic nitrogens is 3. The van der Waals surface area contributed by atoms with E-state index in [9.17, 15) is 0 Å². The number of benzene rings is 1. The number of thiophene rings is 1. The minimum atomic E-state index is 0.647. The van der Waals surface area contributed by atoms with Crippen molar-refractivity contribution in [2.45, 2.75) is 51.0 Å². The third-order valence-corrected chi connectivity index (χ3v) is 8.50. The quantitative estimate of drug-likeness (QED) is 0.324. The van der Waals surface area contributed by atoms with Gasteiger partial charge in [-0.25, -0.2) is 4.98 Å². The molecule has 4 heterocycles. The van der Waals surface area contributed by atoms with Gasteiger partial charge in [-0.3, -0.25) is 0 Å². The van der Waals surface area contributed by atoms with E-state index in [-0.39, 0.29) is 0 Å². The Balaban J connectivity index is 1.12. The molecular formula is C28H34N4OS. The Hall–Kier alpha value is -2.57. The molecule has 178 valence electrons. The molecule has 6 heteroatoms. The molecule has 4 aromatic rings. The van der Waals surface area contributed by atoms with Crippen LogP contribution in [-0.2, 0) is 20.0 Å². The summed E-state index contributed by atoms with van der Waals surface area (Å²) in [5.41, 5.74) is 5.18. The summed E-state index contributed by atoms with van der Waals surface area (Å²) in [4.78, 5) is 5.15. The molecule has 6 rings (SSSR count). The van der Waals surface area contributed by atoms with Crippen LogP contribution >= 0.6 is 11.3 Å². The summed E-state index contributed by atoms with van der Waals surface area (Å²) in [6, 6.07) is 13.2. The first-order chi connectivity index (χ1) is 16.7. The maximum atomic E-state index is 6.00. The minimum absolute atomic E-state index is 0.647. The Bertz CT molecular complexity index is 1240. The molecule has 1 aromatic carbocycles. The lowest BCUT2D eigenvalue weighted by molar-refractivity contribution is 0.260. The largest absolute Gasteiger partial charge is 0.493 e. The van der Waals surface area contributed by atoms with Crippen molar-refractivity contribution in [2.24, 2.45) is 13.0 Å². The second kappa shape index (κ2) is 9.59. The Morgan fingerprint density at radius 3 is 2.76 bits per heavy atom. The highest BCUT2D eigenvalue weighted by Crippen LogP contribution is 2.38. The zero-order chi connectivity index (χ0) is 22.9. The van der Waals surface area contributed by atoms with Crippen LogP contribution in [0.1, 0.15) is 49.3 Å². The zero-order valence-electron chi connectivity index (χ0n) is 20.0. The number of rotatable bonds is 9. The van der Waals surface area contributed by atoms with Crippen molar-refractivity contribution in [1.29, 1.82) is 0 Å². The number of hydrogen-bond donors (Lipinski definition) is 1. The Morgan fingerprint density at radius 1 is 1.15 bits per heavy atom. The van der Waals surface area contributed by atoms with Gasteiger partial charge in [-0.05, 0) is 73.9 Å². The van der Waals surface area contributed by atoms with Gasteiger partial charge in [0.05, 0.1) is 28.2 Å². The van der Waals surface area contributed by atoms with E-state index >= 15 is 0 Å². The predicted molar refractivity (Wildman–Crippen MR) is 140 cm³/mol. The average molecular weight is 475 g/mol. The van der Waals surface area contributed by atoms with Gasteiger partial charge in [0.2, 0.25) is 0 Å². The monoisotopic (exact) mass is 474 g/mol. The van der Waals surface area contributed by atoms with Gasteiger partial charge in [-0.2, -0.15) is 0 Å². The molecule has 0 amide bonds. The summed E-state index contributed by atoms with van der Waals surface area (Å²) in [6.07, 6.45) is 9.61. The summed E-state index contributed by atoms with van der Waals surface area (Å²) < 4.78 is 12.0. The van der Waals surface area contributed by atoms with Crippen LogP contribution in [0, 0.1) is 5.92 Å². The molecule has 2 fully saturated rings. The molecule has 0 bridgehead atoms. The molecule has 0 spiro atoms. The Kier molecular flexibility index (Phi) is 6.18. The topological polar surface area (TPSA) is 44.0 Å². The molecular weight excluding hydrogens is 440 g/mol. The van der Waals surface area contributed by atoms with Gasteiger partial charge < -0.3 is 19.2 Å². The highest BCUT2D eigenvalue weighted by Gasteiger charge is 2.25. The van der Waals surface area contributed by atoms with Gasteiger partial charge in [0.1, 0.15) is 5.75 Å². The number of ether oxygens (including phenoxy) is 1. The fourth-order valence-electron chi connectivity index (χ4n) is 5.25. The normalized spacial score (nSPS) is 18.6. The minimum Gasteiger partial charge on any atom is -0.493 e. The third kappa shape index (κ3) is 4.41.